The molecule has 1 aliphatic carbocycles. The predicted molar refractivity (Wildman–Crippen MR) is 105 cm³/mol. The van der Waals surface area contributed by atoms with Crippen LogP contribution in [0.15, 0.2) is 42.1 Å². The minimum Gasteiger partial charge on any atom is -0.369 e. The maximum Gasteiger partial charge on any atom is 0.406 e. The predicted octanol–water partition coefficient (Wildman–Crippen LogP) is 1.47. The lowest BCUT2D eigenvalue weighted by molar-refractivity contribution is -0.161. The van der Waals surface area contributed by atoms with Gasteiger partial charge in [0.05, 0.1) is 17.4 Å². The number of halogens is 3. The van der Waals surface area contributed by atoms with Crippen LogP contribution in [0.1, 0.15) is 37.2 Å². The summed E-state index contributed by atoms with van der Waals surface area (Å²) in [4.78, 5) is 25.8. The fourth-order valence-electron chi connectivity index (χ4n) is 5.24. The lowest BCUT2D eigenvalue weighted by Gasteiger charge is -2.42. The van der Waals surface area contributed by atoms with Crippen molar-refractivity contribution in [2.45, 2.75) is 62.2 Å². The third-order valence-electron chi connectivity index (χ3n) is 6.75. The maximum absolute atomic E-state index is 13.8. The molecule has 3 aliphatic heterocycles. The highest BCUT2D eigenvalue weighted by Crippen LogP contribution is 2.41. The molecule has 31 heavy (non-hydrogen) atoms. The molecule has 1 saturated carbocycles. The van der Waals surface area contributed by atoms with Gasteiger partial charge in [-0.25, -0.2) is 5.43 Å². The molecule has 5 rings (SSSR count). The van der Waals surface area contributed by atoms with Gasteiger partial charge in [0.15, 0.2) is 0 Å². The van der Waals surface area contributed by atoms with E-state index in [0.717, 1.165) is 30.7 Å². The molecule has 0 spiro atoms. The Balaban J connectivity index is 1.42. The first-order valence-electron chi connectivity index (χ1n) is 10.6. The van der Waals surface area contributed by atoms with E-state index in [2.05, 4.69) is 21.4 Å². The first-order valence-corrected chi connectivity index (χ1v) is 10.6. The Morgan fingerprint density at radius 2 is 1.77 bits per heavy atom. The Morgan fingerprint density at radius 3 is 2.52 bits per heavy atom. The SMILES string of the molecule is O=C1NC(C2=CNC3C(c4ccccc4)C(C(F)(F)F)NN3C2=O)NC2CCCCC12. The number of rotatable bonds is 2. The average molecular weight is 435 g/mol. The zero-order chi connectivity index (χ0) is 21.8. The van der Waals surface area contributed by atoms with Crippen LogP contribution in [-0.4, -0.2) is 47.4 Å². The van der Waals surface area contributed by atoms with Crippen molar-refractivity contribution in [2.75, 3.05) is 0 Å². The minimum atomic E-state index is -4.55. The van der Waals surface area contributed by atoms with Crippen LogP contribution in [0.2, 0.25) is 0 Å². The van der Waals surface area contributed by atoms with Crippen LogP contribution in [0.4, 0.5) is 13.2 Å². The first kappa shape index (κ1) is 20.3. The molecule has 3 heterocycles. The number of hydrogen-bond donors (Lipinski definition) is 4. The highest BCUT2D eigenvalue weighted by Gasteiger charge is 2.57. The first-order chi connectivity index (χ1) is 14.8. The molecular weight excluding hydrogens is 411 g/mol. The van der Waals surface area contributed by atoms with Crippen molar-refractivity contribution in [1.82, 2.24) is 26.4 Å². The Morgan fingerprint density at radius 1 is 1.03 bits per heavy atom. The van der Waals surface area contributed by atoms with Gasteiger partial charge in [0.25, 0.3) is 5.91 Å². The van der Waals surface area contributed by atoms with Gasteiger partial charge in [0, 0.05) is 12.2 Å². The number of benzene rings is 1. The standard InChI is InChI=1S/C21H24F3N5O2/c22-21(23,24)16-15(11-6-2-1-3-7-11)18-25-10-13(20(31)29(18)28-16)17-26-14-9-5-4-8-12(14)19(30)27-17/h1-3,6-7,10,12,14-18,25-26,28H,4-5,8-9H2,(H,27,30). The number of carbonyl (C=O) groups excluding carboxylic acids is 2. The van der Waals surface area contributed by atoms with Gasteiger partial charge in [-0.05, 0) is 18.4 Å². The number of alkyl halides is 3. The van der Waals surface area contributed by atoms with Crippen LogP contribution in [0.3, 0.4) is 0 Å². The third-order valence-corrected chi connectivity index (χ3v) is 6.75. The summed E-state index contributed by atoms with van der Waals surface area (Å²) in [6.45, 7) is 0. The van der Waals surface area contributed by atoms with Crippen molar-refractivity contribution >= 4 is 11.8 Å². The second-order valence-corrected chi connectivity index (χ2v) is 8.58. The molecule has 166 valence electrons. The Hall–Kier alpha value is -2.59. The summed E-state index contributed by atoms with van der Waals surface area (Å²) in [5.41, 5.74) is 3.06. The maximum atomic E-state index is 13.8. The van der Waals surface area contributed by atoms with Crippen LogP contribution >= 0.6 is 0 Å². The van der Waals surface area contributed by atoms with E-state index in [1.165, 1.54) is 6.20 Å². The molecule has 6 atom stereocenters. The molecule has 2 amide bonds. The van der Waals surface area contributed by atoms with E-state index < -0.39 is 36.4 Å². The molecule has 6 unspecified atom stereocenters. The van der Waals surface area contributed by atoms with Crippen LogP contribution in [0.25, 0.3) is 0 Å². The molecular formula is C21H24F3N5O2. The summed E-state index contributed by atoms with van der Waals surface area (Å²) in [5, 5.41) is 10.1. The number of fused-ring (bicyclic) bond motifs is 2. The van der Waals surface area contributed by atoms with Gasteiger partial charge in [0.1, 0.15) is 18.4 Å². The van der Waals surface area contributed by atoms with Crippen LogP contribution in [0, 0.1) is 5.92 Å². The highest BCUT2D eigenvalue weighted by atomic mass is 19.4. The van der Waals surface area contributed by atoms with E-state index in [1.807, 2.05) is 0 Å². The number of hydrogen-bond acceptors (Lipinski definition) is 5. The number of nitrogens with one attached hydrogen (secondary N) is 4. The van der Waals surface area contributed by atoms with Gasteiger partial charge in [0.2, 0.25) is 5.91 Å². The van der Waals surface area contributed by atoms with Gasteiger partial charge in [-0.3, -0.25) is 19.9 Å². The second-order valence-electron chi connectivity index (χ2n) is 8.58. The van der Waals surface area contributed by atoms with Crippen molar-refractivity contribution in [3.8, 4) is 0 Å². The van der Waals surface area contributed by atoms with E-state index in [9.17, 15) is 22.8 Å². The number of hydrazine groups is 1. The monoisotopic (exact) mass is 435 g/mol. The van der Waals surface area contributed by atoms with Gasteiger partial charge in [-0.1, -0.05) is 43.2 Å². The lowest BCUT2D eigenvalue weighted by Crippen LogP contribution is -2.65. The highest BCUT2D eigenvalue weighted by molar-refractivity contribution is 5.96. The summed E-state index contributed by atoms with van der Waals surface area (Å²) in [6, 6.07) is 6.41. The van der Waals surface area contributed by atoms with Crippen LogP contribution < -0.4 is 21.4 Å². The van der Waals surface area contributed by atoms with Gasteiger partial charge in [-0.2, -0.15) is 13.2 Å². The van der Waals surface area contributed by atoms with E-state index in [-0.39, 0.29) is 23.4 Å². The number of carbonyl (C=O) groups is 2. The molecule has 1 aromatic rings. The number of nitrogens with zero attached hydrogens (tertiary/aromatic N) is 1. The fraction of sp³-hybridized carbons (Fsp3) is 0.524. The third kappa shape index (κ3) is 3.47. The Bertz CT molecular complexity index is 906. The van der Waals surface area contributed by atoms with E-state index >= 15 is 0 Å². The Labute approximate surface area is 177 Å². The zero-order valence-corrected chi connectivity index (χ0v) is 16.7. The molecule has 4 N–H and O–H groups in total. The number of amides is 2. The molecule has 0 aromatic heterocycles. The molecule has 0 radical (unpaired) electrons. The minimum absolute atomic E-state index is 0.0366. The lowest BCUT2D eigenvalue weighted by atomic mass is 9.81. The largest absolute Gasteiger partial charge is 0.406 e. The molecule has 4 aliphatic rings. The van der Waals surface area contributed by atoms with E-state index in [0.29, 0.717) is 5.56 Å². The van der Waals surface area contributed by atoms with Gasteiger partial charge in [-0.15, -0.1) is 0 Å². The average Bonchev–Trinajstić information content (AvgIpc) is 3.16. The normalized spacial score (nSPS) is 35.6. The van der Waals surface area contributed by atoms with Crippen molar-refractivity contribution in [2.24, 2.45) is 5.92 Å². The molecule has 1 aromatic carbocycles. The molecule has 7 nitrogen and oxygen atoms in total. The summed E-state index contributed by atoms with van der Waals surface area (Å²) in [5.74, 6) is -1.84. The zero-order valence-electron chi connectivity index (χ0n) is 16.7. The van der Waals surface area contributed by atoms with Crippen LogP contribution in [-0.2, 0) is 9.59 Å². The fourth-order valence-corrected chi connectivity index (χ4v) is 5.24. The Kier molecular flexibility index (Phi) is 4.93. The van der Waals surface area contributed by atoms with Crippen LogP contribution in [0.5, 0.6) is 0 Å². The summed E-state index contributed by atoms with van der Waals surface area (Å²) < 4.78 is 41.5. The van der Waals surface area contributed by atoms with Gasteiger partial charge >= 0.3 is 6.18 Å². The molecule has 0 bridgehead atoms. The smallest absolute Gasteiger partial charge is 0.369 e. The second kappa shape index (κ2) is 7.52. The quantitative estimate of drug-likeness (QED) is 0.566. The summed E-state index contributed by atoms with van der Waals surface area (Å²) in [7, 11) is 0. The molecule has 3 fully saturated rings. The topological polar surface area (TPSA) is 85.5 Å². The van der Waals surface area contributed by atoms with Crippen molar-refractivity contribution in [3.63, 3.8) is 0 Å². The van der Waals surface area contributed by atoms with Crippen molar-refractivity contribution < 1.29 is 22.8 Å². The van der Waals surface area contributed by atoms with Crippen molar-refractivity contribution in [3.05, 3.63) is 47.7 Å². The van der Waals surface area contributed by atoms with Gasteiger partial charge < -0.3 is 10.6 Å². The van der Waals surface area contributed by atoms with Crippen molar-refractivity contribution in [1.29, 1.82) is 0 Å². The van der Waals surface area contributed by atoms with E-state index in [1.54, 1.807) is 30.3 Å². The summed E-state index contributed by atoms with van der Waals surface area (Å²) in [6.07, 6.45) is -1.12. The summed E-state index contributed by atoms with van der Waals surface area (Å²) >= 11 is 0. The molecule has 10 heteroatoms. The van der Waals surface area contributed by atoms with E-state index in [4.69, 9.17) is 0 Å². The molecule has 2 saturated heterocycles.